The Morgan fingerprint density at radius 2 is 1.56 bits per heavy atom. The van der Waals surface area contributed by atoms with E-state index in [0.29, 0.717) is 23.2 Å². The number of hydrogen-bond donors (Lipinski definition) is 1. The molecule has 0 spiro atoms. The minimum atomic E-state index is -1.01. The lowest BCUT2D eigenvalue weighted by Crippen LogP contribution is -2.41. The summed E-state index contributed by atoms with van der Waals surface area (Å²) in [7, 11) is 3.65. The van der Waals surface area contributed by atoms with Crippen LogP contribution >= 0.6 is 0 Å². The van der Waals surface area contributed by atoms with Crippen LogP contribution in [0.1, 0.15) is 39.1 Å². The molecule has 0 saturated carbocycles. The summed E-state index contributed by atoms with van der Waals surface area (Å²) in [6, 6.07) is 9.92. The van der Waals surface area contributed by atoms with E-state index in [1.165, 1.54) is 27.4 Å². The van der Waals surface area contributed by atoms with E-state index in [9.17, 15) is 24.0 Å². The number of carbonyl (C=O) groups excluding carboxylic acids is 5. The molecule has 0 bridgehead atoms. The molecule has 0 aliphatic carbocycles. The van der Waals surface area contributed by atoms with Crippen LogP contribution < -0.4 is 14.8 Å². The second kappa shape index (κ2) is 14.1. The molecule has 0 fully saturated rings. The first-order valence-electron chi connectivity index (χ1n) is 10.8. The number of carbonyl (C=O) groups is 5. The van der Waals surface area contributed by atoms with Gasteiger partial charge in [-0.25, -0.2) is 9.59 Å². The van der Waals surface area contributed by atoms with Crippen LogP contribution in [0.4, 0.5) is 0 Å². The molecule has 36 heavy (non-hydrogen) atoms. The molecule has 0 aromatic heterocycles. The molecule has 0 heterocycles. The SMILES string of the molecule is COC(=O)CC[C@@H](NC(=O)c1ccc(COc2ccc(C=O)cc2OCC(=O)OC)cc1)C(=O)OC. The molecule has 11 nitrogen and oxygen atoms in total. The average Bonchev–Trinajstić information content (AvgIpc) is 2.92. The van der Waals surface area contributed by atoms with Gasteiger partial charge in [0.2, 0.25) is 0 Å². The Labute approximate surface area is 207 Å². The fourth-order valence-electron chi connectivity index (χ4n) is 2.94. The predicted molar refractivity (Wildman–Crippen MR) is 125 cm³/mol. The molecule has 2 aromatic rings. The Kier molecular flexibility index (Phi) is 10.9. The number of nitrogens with one attached hydrogen (secondary N) is 1. The third kappa shape index (κ3) is 8.42. The van der Waals surface area contributed by atoms with Gasteiger partial charge in [-0.15, -0.1) is 0 Å². The van der Waals surface area contributed by atoms with Gasteiger partial charge in [0.25, 0.3) is 5.91 Å². The predicted octanol–water partition coefficient (Wildman–Crippen LogP) is 1.85. The van der Waals surface area contributed by atoms with Crippen molar-refractivity contribution in [3.8, 4) is 11.5 Å². The van der Waals surface area contributed by atoms with Crippen molar-refractivity contribution >= 4 is 30.1 Å². The third-order valence-electron chi connectivity index (χ3n) is 4.94. The van der Waals surface area contributed by atoms with Gasteiger partial charge in [0, 0.05) is 17.5 Å². The summed E-state index contributed by atoms with van der Waals surface area (Å²) < 4.78 is 25.0. The standard InChI is InChI=1S/C25H27NO10/c1-32-22(28)11-9-19(25(31)34-3)26-24(30)18-7-4-16(5-8-18)14-35-20-10-6-17(13-27)12-21(20)36-15-23(29)33-2/h4-8,10,12-13,19H,9,11,14-15H2,1-3H3,(H,26,30)/t19-/m1/s1. The molecule has 1 atom stereocenters. The highest BCUT2D eigenvalue weighted by molar-refractivity contribution is 5.96. The van der Waals surface area contributed by atoms with E-state index in [1.807, 2.05) is 0 Å². The van der Waals surface area contributed by atoms with Gasteiger partial charge in [-0.1, -0.05) is 12.1 Å². The average molecular weight is 501 g/mol. The van der Waals surface area contributed by atoms with Crippen molar-refractivity contribution in [3.05, 3.63) is 59.2 Å². The first kappa shape index (κ1) is 27.8. The number of esters is 3. The van der Waals surface area contributed by atoms with Gasteiger partial charge in [-0.05, 0) is 42.3 Å². The van der Waals surface area contributed by atoms with Crippen LogP contribution in [0.15, 0.2) is 42.5 Å². The van der Waals surface area contributed by atoms with Crippen LogP contribution in [0.25, 0.3) is 0 Å². The van der Waals surface area contributed by atoms with Crippen molar-refractivity contribution in [2.45, 2.75) is 25.5 Å². The Morgan fingerprint density at radius 3 is 2.17 bits per heavy atom. The Bertz CT molecular complexity index is 1080. The normalized spacial score (nSPS) is 11.0. The van der Waals surface area contributed by atoms with Crippen molar-refractivity contribution in [2.24, 2.45) is 0 Å². The quantitative estimate of drug-likeness (QED) is 0.245. The lowest BCUT2D eigenvalue weighted by molar-refractivity contribution is -0.145. The van der Waals surface area contributed by atoms with Crippen LogP contribution in [0.3, 0.4) is 0 Å². The molecular formula is C25H27NO10. The van der Waals surface area contributed by atoms with Gasteiger partial charge in [0.15, 0.2) is 18.1 Å². The smallest absolute Gasteiger partial charge is 0.343 e. The van der Waals surface area contributed by atoms with Gasteiger partial charge in [-0.2, -0.15) is 0 Å². The van der Waals surface area contributed by atoms with Crippen LogP contribution in [0, 0.1) is 0 Å². The number of rotatable bonds is 13. The lowest BCUT2D eigenvalue weighted by Gasteiger charge is -2.16. The maximum Gasteiger partial charge on any atom is 0.343 e. The van der Waals surface area contributed by atoms with Crippen LogP contribution in [0.2, 0.25) is 0 Å². The first-order chi connectivity index (χ1) is 17.3. The van der Waals surface area contributed by atoms with Crippen molar-refractivity contribution in [1.29, 1.82) is 0 Å². The minimum Gasteiger partial charge on any atom is -0.485 e. The van der Waals surface area contributed by atoms with Gasteiger partial charge >= 0.3 is 17.9 Å². The third-order valence-corrected chi connectivity index (χ3v) is 4.94. The van der Waals surface area contributed by atoms with E-state index in [2.05, 4.69) is 14.8 Å². The maximum atomic E-state index is 12.6. The zero-order chi connectivity index (χ0) is 26.5. The van der Waals surface area contributed by atoms with Crippen molar-refractivity contribution in [3.63, 3.8) is 0 Å². The molecule has 1 amide bonds. The highest BCUT2D eigenvalue weighted by Gasteiger charge is 2.23. The number of ether oxygens (including phenoxy) is 5. The van der Waals surface area contributed by atoms with Crippen LogP contribution in [0.5, 0.6) is 11.5 Å². The lowest BCUT2D eigenvalue weighted by atomic mass is 10.1. The zero-order valence-electron chi connectivity index (χ0n) is 20.1. The monoisotopic (exact) mass is 501 g/mol. The molecule has 11 heteroatoms. The van der Waals surface area contributed by atoms with E-state index in [0.717, 1.165) is 0 Å². The molecule has 2 aromatic carbocycles. The number of hydrogen-bond acceptors (Lipinski definition) is 10. The van der Waals surface area contributed by atoms with Crippen molar-refractivity contribution in [1.82, 2.24) is 5.32 Å². The van der Waals surface area contributed by atoms with E-state index < -0.39 is 29.9 Å². The van der Waals surface area contributed by atoms with Crippen LogP contribution in [-0.2, 0) is 35.2 Å². The Morgan fingerprint density at radius 1 is 0.861 bits per heavy atom. The molecule has 0 aliphatic rings. The molecule has 1 N–H and O–H groups in total. The first-order valence-corrected chi connectivity index (χ1v) is 10.8. The summed E-state index contributed by atoms with van der Waals surface area (Å²) in [5.41, 5.74) is 1.33. The summed E-state index contributed by atoms with van der Waals surface area (Å²) >= 11 is 0. The van der Waals surface area contributed by atoms with Crippen LogP contribution in [-0.4, -0.2) is 64.1 Å². The van der Waals surface area contributed by atoms with Gasteiger partial charge in [0.1, 0.15) is 18.9 Å². The molecule has 192 valence electrons. The Balaban J connectivity index is 2.03. The molecule has 0 radical (unpaired) electrons. The zero-order valence-corrected chi connectivity index (χ0v) is 20.1. The summed E-state index contributed by atoms with van der Waals surface area (Å²) in [5, 5.41) is 2.55. The van der Waals surface area contributed by atoms with E-state index in [-0.39, 0.29) is 37.4 Å². The largest absolute Gasteiger partial charge is 0.485 e. The second-order valence-corrected chi connectivity index (χ2v) is 7.34. The highest BCUT2D eigenvalue weighted by Crippen LogP contribution is 2.29. The summed E-state index contributed by atoms with van der Waals surface area (Å²) in [6.07, 6.45) is 0.602. The van der Waals surface area contributed by atoms with E-state index in [4.69, 9.17) is 14.2 Å². The summed E-state index contributed by atoms with van der Waals surface area (Å²) in [6.45, 7) is -0.258. The van der Waals surface area contributed by atoms with E-state index in [1.54, 1.807) is 36.4 Å². The highest BCUT2D eigenvalue weighted by atomic mass is 16.6. The minimum absolute atomic E-state index is 0.0281. The molecule has 0 saturated heterocycles. The molecular weight excluding hydrogens is 474 g/mol. The fourth-order valence-corrected chi connectivity index (χ4v) is 2.94. The number of aldehydes is 1. The molecule has 2 rings (SSSR count). The number of benzene rings is 2. The van der Waals surface area contributed by atoms with E-state index >= 15 is 0 Å². The topological polar surface area (TPSA) is 144 Å². The molecule has 0 unspecified atom stereocenters. The maximum absolute atomic E-state index is 12.6. The van der Waals surface area contributed by atoms with Gasteiger partial charge in [0.05, 0.1) is 21.3 Å². The molecule has 0 aliphatic heterocycles. The summed E-state index contributed by atoms with van der Waals surface area (Å²) in [5.74, 6) is -1.80. The summed E-state index contributed by atoms with van der Waals surface area (Å²) in [4.78, 5) is 58.4. The Hall–Kier alpha value is -4.41. The second-order valence-electron chi connectivity index (χ2n) is 7.34. The fraction of sp³-hybridized carbons (Fsp3) is 0.320. The number of methoxy groups -OCH3 is 3. The van der Waals surface area contributed by atoms with Gasteiger partial charge < -0.3 is 29.0 Å². The van der Waals surface area contributed by atoms with Gasteiger partial charge in [-0.3, -0.25) is 14.4 Å². The van der Waals surface area contributed by atoms with Crippen molar-refractivity contribution < 1.29 is 47.7 Å². The number of amides is 1. The van der Waals surface area contributed by atoms with Crippen molar-refractivity contribution in [2.75, 3.05) is 27.9 Å².